The summed E-state index contributed by atoms with van der Waals surface area (Å²) >= 11 is 0. The maximum atomic E-state index is 12.6. The molecular weight excluding hydrogens is 254 g/mol. The fourth-order valence-electron chi connectivity index (χ4n) is 2.22. The number of amides is 1. The summed E-state index contributed by atoms with van der Waals surface area (Å²) in [4.78, 5) is 24.9. The second kappa shape index (κ2) is 8.35. The molecule has 1 aromatic carbocycles. The molecule has 0 aliphatic carbocycles. The highest BCUT2D eigenvalue weighted by Crippen LogP contribution is 2.20. The number of aliphatic carboxylic acids is 1. The first-order chi connectivity index (χ1) is 9.60. The molecular formula is C16H23NO3. The number of carboxylic acid groups (broad SMARTS) is 1. The van der Waals surface area contributed by atoms with E-state index in [1.165, 1.54) is 0 Å². The van der Waals surface area contributed by atoms with Gasteiger partial charge in [0.25, 0.3) is 0 Å². The summed E-state index contributed by atoms with van der Waals surface area (Å²) < 4.78 is 0. The summed E-state index contributed by atoms with van der Waals surface area (Å²) in [5, 5.41) is 8.73. The van der Waals surface area contributed by atoms with Gasteiger partial charge in [0.15, 0.2) is 0 Å². The van der Waals surface area contributed by atoms with E-state index >= 15 is 0 Å². The fraction of sp³-hybridized carbons (Fsp3) is 0.500. The Morgan fingerprint density at radius 2 is 1.75 bits per heavy atom. The molecule has 0 aromatic heterocycles. The Balaban J connectivity index is 2.84. The highest BCUT2D eigenvalue weighted by atomic mass is 16.4. The lowest BCUT2D eigenvalue weighted by molar-refractivity contribution is -0.137. The molecule has 0 bridgehead atoms. The van der Waals surface area contributed by atoms with Crippen LogP contribution in [0.4, 0.5) is 5.69 Å². The minimum Gasteiger partial charge on any atom is -0.481 e. The van der Waals surface area contributed by atoms with Crippen LogP contribution in [0.5, 0.6) is 0 Å². The molecule has 0 unspecified atom stereocenters. The maximum absolute atomic E-state index is 12.6. The molecule has 1 aromatic rings. The first kappa shape index (κ1) is 16.2. The van der Waals surface area contributed by atoms with Crippen LogP contribution in [0.15, 0.2) is 30.3 Å². The lowest BCUT2D eigenvalue weighted by atomic mass is 10.0. The quantitative estimate of drug-likeness (QED) is 0.793. The third-order valence-electron chi connectivity index (χ3n) is 3.44. The highest BCUT2D eigenvalue weighted by Gasteiger charge is 2.22. The summed E-state index contributed by atoms with van der Waals surface area (Å²) in [5.74, 6) is -0.736. The van der Waals surface area contributed by atoms with Crippen LogP contribution in [0.1, 0.15) is 39.5 Å². The van der Waals surface area contributed by atoms with E-state index < -0.39 is 5.97 Å². The van der Waals surface area contributed by atoms with E-state index in [0.29, 0.717) is 13.0 Å². The number of rotatable bonds is 8. The number of carboxylic acids is 1. The van der Waals surface area contributed by atoms with Gasteiger partial charge in [0.05, 0.1) is 0 Å². The van der Waals surface area contributed by atoms with Crippen LogP contribution in [0, 0.1) is 5.92 Å². The van der Waals surface area contributed by atoms with Gasteiger partial charge >= 0.3 is 5.97 Å². The summed E-state index contributed by atoms with van der Waals surface area (Å²) in [5.41, 5.74) is 0.842. The summed E-state index contributed by atoms with van der Waals surface area (Å²) in [7, 11) is 0. The van der Waals surface area contributed by atoms with Crippen molar-refractivity contribution in [3.05, 3.63) is 30.3 Å². The topological polar surface area (TPSA) is 57.6 Å². The molecule has 0 aliphatic heterocycles. The molecule has 0 saturated carbocycles. The third-order valence-corrected chi connectivity index (χ3v) is 3.44. The van der Waals surface area contributed by atoms with Crippen molar-refractivity contribution in [1.82, 2.24) is 0 Å². The van der Waals surface area contributed by atoms with Crippen molar-refractivity contribution in [2.45, 2.75) is 39.5 Å². The lowest BCUT2D eigenvalue weighted by Gasteiger charge is -2.26. The van der Waals surface area contributed by atoms with E-state index in [1.54, 1.807) is 4.90 Å². The largest absolute Gasteiger partial charge is 0.481 e. The number of hydrogen-bond donors (Lipinski definition) is 1. The van der Waals surface area contributed by atoms with Crippen molar-refractivity contribution in [3.63, 3.8) is 0 Å². The lowest BCUT2D eigenvalue weighted by Crippen LogP contribution is -2.37. The van der Waals surface area contributed by atoms with Gasteiger partial charge in [-0.15, -0.1) is 0 Å². The number of anilines is 1. The minimum atomic E-state index is -0.826. The predicted octanol–water partition coefficient (Wildman–Crippen LogP) is 3.32. The second-order valence-electron chi connectivity index (χ2n) is 4.84. The normalized spacial score (nSPS) is 10.6. The smallest absolute Gasteiger partial charge is 0.303 e. The Labute approximate surface area is 120 Å². The molecule has 20 heavy (non-hydrogen) atoms. The molecule has 4 nitrogen and oxygen atoms in total. The molecule has 0 atom stereocenters. The molecule has 1 amide bonds. The van der Waals surface area contributed by atoms with Crippen LogP contribution < -0.4 is 4.90 Å². The predicted molar refractivity (Wildman–Crippen MR) is 79.7 cm³/mol. The number of para-hydroxylation sites is 1. The third kappa shape index (κ3) is 4.68. The standard InChI is InChI=1S/C16H23NO3/c1-3-13(4-2)16(20)17(12-8-11-15(18)19)14-9-6-5-7-10-14/h5-7,9-10,13H,3-4,8,11-12H2,1-2H3,(H,18,19). The highest BCUT2D eigenvalue weighted by molar-refractivity contribution is 5.95. The summed E-state index contributed by atoms with van der Waals surface area (Å²) in [6.45, 7) is 4.46. The number of benzene rings is 1. The second-order valence-corrected chi connectivity index (χ2v) is 4.84. The van der Waals surface area contributed by atoms with E-state index in [1.807, 2.05) is 44.2 Å². The Morgan fingerprint density at radius 3 is 2.25 bits per heavy atom. The van der Waals surface area contributed by atoms with E-state index in [0.717, 1.165) is 18.5 Å². The maximum Gasteiger partial charge on any atom is 0.303 e. The molecule has 0 fully saturated rings. The van der Waals surface area contributed by atoms with Crippen LogP contribution in [-0.2, 0) is 9.59 Å². The molecule has 4 heteroatoms. The van der Waals surface area contributed by atoms with Gasteiger partial charge in [-0.25, -0.2) is 0 Å². The van der Waals surface area contributed by atoms with Crippen LogP contribution in [-0.4, -0.2) is 23.5 Å². The van der Waals surface area contributed by atoms with Crippen LogP contribution >= 0.6 is 0 Å². The minimum absolute atomic E-state index is 0.0000317. The van der Waals surface area contributed by atoms with E-state index in [2.05, 4.69) is 0 Å². The van der Waals surface area contributed by atoms with Crippen molar-refractivity contribution in [2.24, 2.45) is 5.92 Å². The average Bonchev–Trinajstić information content (AvgIpc) is 2.45. The molecule has 0 aliphatic rings. The van der Waals surface area contributed by atoms with E-state index in [4.69, 9.17) is 5.11 Å². The van der Waals surface area contributed by atoms with Gasteiger partial charge in [0, 0.05) is 24.6 Å². The molecule has 1 N–H and O–H groups in total. The van der Waals surface area contributed by atoms with Crippen molar-refractivity contribution >= 4 is 17.6 Å². The van der Waals surface area contributed by atoms with Crippen LogP contribution in [0.25, 0.3) is 0 Å². The Hall–Kier alpha value is -1.84. The van der Waals surface area contributed by atoms with Gasteiger partial charge in [0.1, 0.15) is 0 Å². The Morgan fingerprint density at radius 1 is 1.15 bits per heavy atom. The molecule has 1 rings (SSSR count). The van der Waals surface area contributed by atoms with Crippen LogP contribution in [0.3, 0.4) is 0 Å². The number of carbonyl (C=O) groups is 2. The van der Waals surface area contributed by atoms with Crippen molar-refractivity contribution in [2.75, 3.05) is 11.4 Å². The van der Waals surface area contributed by atoms with Gasteiger partial charge in [-0.2, -0.15) is 0 Å². The van der Waals surface area contributed by atoms with E-state index in [9.17, 15) is 9.59 Å². The van der Waals surface area contributed by atoms with Crippen molar-refractivity contribution in [1.29, 1.82) is 0 Å². The van der Waals surface area contributed by atoms with Crippen molar-refractivity contribution in [3.8, 4) is 0 Å². The SMILES string of the molecule is CCC(CC)C(=O)N(CCCC(=O)O)c1ccccc1. The molecule has 110 valence electrons. The molecule has 0 heterocycles. The summed E-state index contributed by atoms with van der Waals surface area (Å²) in [6.07, 6.45) is 2.16. The first-order valence-electron chi connectivity index (χ1n) is 7.18. The van der Waals surface area contributed by atoms with Gasteiger partial charge in [-0.05, 0) is 31.4 Å². The zero-order chi connectivity index (χ0) is 15.0. The monoisotopic (exact) mass is 277 g/mol. The van der Waals surface area contributed by atoms with Gasteiger partial charge in [-0.3, -0.25) is 9.59 Å². The van der Waals surface area contributed by atoms with Gasteiger partial charge in [-0.1, -0.05) is 32.0 Å². The number of hydrogen-bond acceptors (Lipinski definition) is 2. The number of nitrogens with zero attached hydrogens (tertiary/aromatic N) is 1. The summed E-state index contributed by atoms with van der Waals surface area (Å²) in [6, 6.07) is 9.46. The average molecular weight is 277 g/mol. The van der Waals surface area contributed by atoms with Crippen LogP contribution in [0.2, 0.25) is 0 Å². The molecule has 0 spiro atoms. The zero-order valence-corrected chi connectivity index (χ0v) is 12.2. The Bertz CT molecular complexity index is 427. The fourth-order valence-corrected chi connectivity index (χ4v) is 2.22. The number of carbonyl (C=O) groups excluding carboxylic acids is 1. The molecule has 0 saturated heterocycles. The van der Waals surface area contributed by atoms with Gasteiger partial charge in [0.2, 0.25) is 5.91 Å². The van der Waals surface area contributed by atoms with E-state index in [-0.39, 0.29) is 18.2 Å². The van der Waals surface area contributed by atoms with Crippen molar-refractivity contribution < 1.29 is 14.7 Å². The zero-order valence-electron chi connectivity index (χ0n) is 12.2. The van der Waals surface area contributed by atoms with Gasteiger partial charge < -0.3 is 10.0 Å². The molecule has 0 radical (unpaired) electrons. The Kier molecular flexibility index (Phi) is 6.77. The first-order valence-corrected chi connectivity index (χ1v) is 7.18.